The fraction of sp³-hybridized carbons (Fsp3) is 0.333. The minimum atomic E-state index is -0.197. The first-order valence-electron chi connectivity index (χ1n) is 4.72. The molecule has 0 spiro atoms. The van der Waals surface area contributed by atoms with Crippen LogP contribution < -0.4 is 14.8 Å². The van der Waals surface area contributed by atoms with Gasteiger partial charge in [0.15, 0.2) is 11.5 Å². The Kier molecular flexibility index (Phi) is 4.48. The number of benzene rings is 1. The quantitative estimate of drug-likeness (QED) is 0.818. The average Bonchev–Trinajstić information content (AvgIpc) is 2.29. The van der Waals surface area contributed by atoms with Crippen molar-refractivity contribution < 1.29 is 9.47 Å². The predicted octanol–water partition coefficient (Wildman–Crippen LogP) is 2.25. The van der Waals surface area contributed by atoms with Gasteiger partial charge in [0.25, 0.3) is 0 Å². The number of halogens is 1. The van der Waals surface area contributed by atoms with Crippen molar-refractivity contribution in [3.05, 3.63) is 22.7 Å². The molecule has 0 aliphatic rings. The van der Waals surface area contributed by atoms with Gasteiger partial charge in [0.2, 0.25) is 0 Å². The summed E-state index contributed by atoms with van der Waals surface area (Å²) in [5.74, 6) is 3.70. The molecule has 3 nitrogen and oxygen atoms in total. The van der Waals surface area contributed by atoms with Crippen molar-refractivity contribution in [3.8, 4) is 23.8 Å². The number of nitrogens with one attached hydrogen (secondary N) is 1. The van der Waals surface area contributed by atoms with Crippen LogP contribution in [0.1, 0.15) is 11.6 Å². The minimum absolute atomic E-state index is 0.197. The van der Waals surface area contributed by atoms with Gasteiger partial charge in [-0.2, -0.15) is 0 Å². The van der Waals surface area contributed by atoms with Gasteiger partial charge in [-0.3, -0.25) is 0 Å². The molecule has 0 aliphatic carbocycles. The van der Waals surface area contributed by atoms with Gasteiger partial charge in [0.05, 0.1) is 25.3 Å². The van der Waals surface area contributed by atoms with Crippen molar-refractivity contribution in [2.75, 3.05) is 21.3 Å². The average molecular weight is 240 g/mol. The van der Waals surface area contributed by atoms with Crippen molar-refractivity contribution in [1.29, 1.82) is 0 Å². The molecule has 0 aliphatic heterocycles. The standard InChI is InChI=1S/C12H14ClNO2/c1-5-10(14-2)8-6-9(13)12(16-4)11(7-8)15-3/h1,6-7,10,14H,2-4H3. The van der Waals surface area contributed by atoms with Gasteiger partial charge < -0.3 is 14.8 Å². The van der Waals surface area contributed by atoms with Gasteiger partial charge in [-0.25, -0.2) is 0 Å². The summed E-state index contributed by atoms with van der Waals surface area (Å²) in [6.07, 6.45) is 5.40. The molecule has 16 heavy (non-hydrogen) atoms. The lowest BCUT2D eigenvalue weighted by Crippen LogP contribution is -2.14. The molecule has 1 aromatic carbocycles. The highest BCUT2D eigenvalue weighted by Gasteiger charge is 2.14. The molecule has 86 valence electrons. The zero-order valence-electron chi connectivity index (χ0n) is 9.50. The second-order valence-corrected chi connectivity index (χ2v) is 3.53. The van der Waals surface area contributed by atoms with Crippen molar-refractivity contribution in [3.63, 3.8) is 0 Å². The Bertz CT molecular complexity index is 412. The Morgan fingerprint density at radius 2 is 2.06 bits per heavy atom. The molecule has 1 atom stereocenters. The van der Waals surface area contributed by atoms with Gasteiger partial charge in [-0.1, -0.05) is 17.5 Å². The summed E-state index contributed by atoms with van der Waals surface area (Å²) in [4.78, 5) is 0. The van der Waals surface area contributed by atoms with Crippen LogP contribution in [0.5, 0.6) is 11.5 Å². The lowest BCUT2D eigenvalue weighted by atomic mass is 10.1. The maximum atomic E-state index is 6.07. The third-order valence-electron chi connectivity index (χ3n) is 2.24. The van der Waals surface area contributed by atoms with Crippen LogP contribution in [-0.2, 0) is 0 Å². The number of rotatable bonds is 4. The zero-order valence-corrected chi connectivity index (χ0v) is 10.3. The summed E-state index contributed by atoms with van der Waals surface area (Å²) < 4.78 is 10.3. The van der Waals surface area contributed by atoms with E-state index in [-0.39, 0.29) is 6.04 Å². The van der Waals surface area contributed by atoms with Crippen molar-refractivity contribution in [1.82, 2.24) is 5.32 Å². The lowest BCUT2D eigenvalue weighted by molar-refractivity contribution is 0.354. The third-order valence-corrected chi connectivity index (χ3v) is 2.53. The molecular formula is C12H14ClNO2. The van der Waals surface area contributed by atoms with Gasteiger partial charge in [0, 0.05) is 0 Å². The second kappa shape index (κ2) is 5.64. The Labute approximate surface area is 101 Å². The first kappa shape index (κ1) is 12.7. The predicted molar refractivity (Wildman–Crippen MR) is 65.2 cm³/mol. The van der Waals surface area contributed by atoms with Crippen LogP contribution in [-0.4, -0.2) is 21.3 Å². The summed E-state index contributed by atoms with van der Waals surface area (Å²) >= 11 is 6.07. The highest BCUT2D eigenvalue weighted by molar-refractivity contribution is 6.32. The largest absolute Gasteiger partial charge is 0.493 e. The van der Waals surface area contributed by atoms with Crippen LogP contribution in [0.3, 0.4) is 0 Å². The van der Waals surface area contributed by atoms with Crippen LogP contribution in [0.4, 0.5) is 0 Å². The first-order chi connectivity index (χ1) is 7.67. The summed E-state index contributed by atoms with van der Waals surface area (Å²) in [5.41, 5.74) is 0.868. The monoisotopic (exact) mass is 239 g/mol. The molecule has 0 saturated heterocycles. The third kappa shape index (κ3) is 2.41. The normalized spacial score (nSPS) is 11.7. The maximum Gasteiger partial charge on any atom is 0.179 e. The van der Waals surface area contributed by atoms with Crippen LogP contribution in [0.15, 0.2) is 12.1 Å². The maximum absolute atomic E-state index is 6.07. The molecular weight excluding hydrogens is 226 g/mol. The highest BCUT2D eigenvalue weighted by Crippen LogP contribution is 2.37. The van der Waals surface area contributed by atoms with E-state index in [1.165, 1.54) is 0 Å². The first-order valence-corrected chi connectivity index (χ1v) is 5.10. The number of hydrogen-bond acceptors (Lipinski definition) is 3. The summed E-state index contributed by atoms with van der Waals surface area (Å²) in [7, 11) is 4.89. The topological polar surface area (TPSA) is 30.5 Å². The van der Waals surface area contributed by atoms with Crippen molar-refractivity contribution in [2.45, 2.75) is 6.04 Å². The van der Waals surface area contributed by atoms with E-state index in [1.807, 2.05) is 6.07 Å². The SMILES string of the molecule is C#CC(NC)c1cc(Cl)c(OC)c(OC)c1. The van der Waals surface area contributed by atoms with E-state index in [2.05, 4.69) is 11.2 Å². The van der Waals surface area contributed by atoms with Crippen LogP contribution in [0.2, 0.25) is 5.02 Å². The molecule has 1 unspecified atom stereocenters. The highest BCUT2D eigenvalue weighted by atomic mass is 35.5. The molecule has 1 aromatic rings. The summed E-state index contributed by atoms with van der Waals surface area (Å²) in [5, 5.41) is 3.47. The minimum Gasteiger partial charge on any atom is -0.493 e. The molecule has 0 heterocycles. The number of ether oxygens (including phenoxy) is 2. The van der Waals surface area contributed by atoms with Crippen LogP contribution >= 0.6 is 11.6 Å². The number of terminal acetylenes is 1. The van der Waals surface area contributed by atoms with Crippen LogP contribution in [0, 0.1) is 12.3 Å². The summed E-state index contributed by atoms with van der Waals surface area (Å²) in [6, 6.07) is 3.38. The Morgan fingerprint density at radius 1 is 1.38 bits per heavy atom. The molecule has 4 heteroatoms. The van der Waals surface area contributed by atoms with E-state index < -0.39 is 0 Å². The molecule has 0 radical (unpaired) electrons. The van der Waals surface area contributed by atoms with Gasteiger partial charge in [-0.15, -0.1) is 6.42 Å². The molecule has 0 amide bonds. The molecule has 1 rings (SSSR count). The molecule has 0 bridgehead atoms. The van der Waals surface area contributed by atoms with Crippen molar-refractivity contribution >= 4 is 11.6 Å². The van der Waals surface area contributed by atoms with E-state index in [9.17, 15) is 0 Å². The van der Waals surface area contributed by atoms with E-state index in [0.717, 1.165) is 5.56 Å². The van der Waals surface area contributed by atoms with E-state index in [1.54, 1.807) is 27.3 Å². The molecule has 0 aromatic heterocycles. The zero-order chi connectivity index (χ0) is 12.1. The number of methoxy groups -OCH3 is 2. The number of hydrogen-bond donors (Lipinski definition) is 1. The lowest BCUT2D eigenvalue weighted by Gasteiger charge is -2.15. The second-order valence-electron chi connectivity index (χ2n) is 3.13. The fourth-order valence-corrected chi connectivity index (χ4v) is 1.75. The fourth-order valence-electron chi connectivity index (χ4n) is 1.45. The van der Waals surface area contributed by atoms with Crippen molar-refractivity contribution in [2.24, 2.45) is 0 Å². The molecule has 0 saturated carbocycles. The Morgan fingerprint density at radius 3 is 2.50 bits per heavy atom. The molecule has 1 N–H and O–H groups in total. The van der Waals surface area contributed by atoms with E-state index >= 15 is 0 Å². The van der Waals surface area contributed by atoms with E-state index in [4.69, 9.17) is 27.5 Å². The Balaban J connectivity index is 3.25. The van der Waals surface area contributed by atoms with Crippen LogP contribution in [0.25, 0.3) is 0 Å². The van der Waals surface area contributed by atoms with Gasteiger partial charge in [0.1, 0.15) is 0 Å². The smallest absolute Gasteiger partial charge is 0.179 e. The van der Waals surface area contributed by atoms with E-state index in [0.29, 0.717) is 16.5 Å². The molecule has 0 fully saturated rings. The Hall–Kier alpha value is -1.37. The van der Waals surface area contributed by atoms with Gasteiger partial charge >= 0.3 is 0 Å². The summed E-state index contributed by atoms with van der Waals surface area (Å²) in [6.45, 7) is 0. The van der Waals surface area contributed by atoms with Gasteiger partial charge in [-0.05, 0) is 24.7 Å².